The van der Waals surface area contributed by atoms with E-state index in [1.807, 2.05) is 43.3 Å². The molecule has 1 N–H and O–H groups in total. The van der Waals surface area contributed by atoms with Crippen LogP contribution in [0.2, 0.25) is 0 Å². The van der Waals surface area contributed by atoms with Crippen molar-refractivity contribution in [2.75, 3.05) is 6.61 Å². The van der Waals surface area contributed by atoms with Gasteiger partial charge in [0.25, 0.3) is 0 Å². The van der Waals surface area contributed by atoms with E-state index in [-0.39, 0.29) is 6.61 Å². The summed E-state index contributed by atoms with van der Waals surface area (Å²) in [7, 11) is 0. The maximum Gasteiger partial charge on any atom is 0.0816 e. The maximum absolute atomic E-state index is 9.00. The highest BCUT2D eigenvalue weighted by atomic mass is 16.3. The molecule has 0 aliphatic heterocycles. The van der Waals surface area contributed by atoms with Crippen molar-refractivity contribution >= 4 is 6.08 Å². The second-order valence-electron chi connectivity index (χ2n) is 3.20. The van der Waals surface area contributed by atoms with Gasteiger partial charge in [0.15, 0.2) is 0 Å². The number of aliphatic hydroxyl groups excluding tert-OH is 1. The van der Waals surface area contributed by atoms with Crippen LogP contribution in [0.25, 0.3) is 16.5 Å². The van der Waals surface area contributed by atoms with Gasteiger partial charge >= 0.3 is 0 Å². The molecule has 4 heteroatoms. The van der Waals surface area contributed by atoms with Crippen LogP contribution >= 0.6 is 0 Å². The molecule has 0 saturated carbocycles. The van der Waals surface area contributed by atoms with Gasteiger partial charge in [0, 0.05) is 4.91 Å². The van der Waals surface area contributed by atoms with Crippen LogP contribution in [0, 0.1) is 0 Å². The van der Waals surface area contributed by atoms with Gasteiger partial charge in [0.2, 0.25) is 0 Å². The third-order valence-corrected chi connectivity index (χ3v) is 2.08. The SMILES string of the molecule is C/C(=C\c1ccccc1)C(CO)N=[N+]=[N-]. The van der Waals surface area contributed by atoms with E-state index in [1.165, 1.54) is 0 Å². The molecule has 0 heterocycles. The first-order valence-electron chi connectivity index (χ1n) is 4.66. The lowest BCUT2D eigenvalue weighted by molar-refractivity contribution is 0.280. The van der Waals surface area contributed by atoms with Crippen molar-refractivity contribution in [3.05, 3.63) is 51.9 Å². The molecule has 0 fully saturated rings. The molecule has 0 amide bonds. The Morgan fingerprint density at radius 1 is 1.53 bits per heavy atom. The molecule has 0 aliphatic rings. The van der Waals surface area contributed by atoms with E-state index in [2.05, 4.69) is 10.0 Å². The Morgan fingerprint density at radius 2 is 2.20 bits per heavy atom. The highest BCUT2D eigenvalue weighted by Crippen LogP contribution is 2.11. The summed E-state index contributed by atoms with van der Waals surface area (Å²) in [5, 5.41) is 12.5. The minimum atomic E-state index is -0.477. The first-order valence-corrected chi connectivity index (χ1v) is 4.66. The van der Waals surface area contributed by atoms with Crippen molar-refractivity contribution in [3.8, 4) is 0 Å². The van der Waals surface area contributed by atoms with Crippen LogP contribution in [-0.4, -0.2) is 17.8 Å². The van der Waals surface area contributed by atoms with Gasteiger partial charge in [-0.15, -0.1) is 0 Å². The zero-order valence-corrected chi connectivity index (χ0v) is 8.54. The fourth-order valence-electron chi connectivity index (χ4n) is 1.24. The average Bonchev–Trinajstić information content (AvgIpc) is 2.27. The number of aliphatic hydroxyl groups is 1. The zero-order chi connectivity index (χ0) is 11.1. The molecule has 0 aromatic heterocycles. The summed E-state index contributed by atoms with van der Waals surface area (Å²) in [5.74, 6) is 0. The third kappa shape index (κ3) is 3.46. The normalized spacial score (nSPS) is 13.1. The molecule has 15 heavy (non-hydrogen) atoms. The summed E-state index contributed by atoms with van der Waals surface area (Å²) in [6.07, 6.45) is 1.90. The Balaban J connectivity index is 2.87. The molecule has 1 aromatic carbocycles. The molecule has 1 unspecified atom stereocenters. The number of azide groups is 1. The van der Waals surface area contributed by atoms with Gasteiger partial charge < -0.3 is 5.11 Å². The zero-order valence-electron chi connectivity index (χ0n) is 8.54. The van der Waals surface area contributed by atoms with E-state index in [0.29, 0.717) is 0 Å². The van der Waals surface area contributed by atoms with E-state index in [1.54, 1.807) is 0 Å². The van der Waals surface area contributed by atoms with E-state index < -0.39 is 6.04 Å². The van der Waals surface area contributed by atoms with Crippen LogP contribution in [0.1, 0.15) is 12.5 Å². The fourth-order valence-corrected chi connectivity index (χ4v) is 1.24. The molecular weight excluding hydrogens is 190 g/mol. The number of benzene rings is 1. The van der Waals surface area contributed by atoms with Crippen molar-refractivity contribution in [1.29, 1.82) is 0 Å². The molecular formula is C11H13N3O. The van der Waals surface area contributed by atoms with Gasteiger partial charge in [-0.05, 0) is 18.0 Å². The molecule has 1 aromatic rings. The van der Waals surface area contributed by atoms with Gasteiger partial charge in [0.1, 0.15) is 0 Å². The first-order chi connectivity index (χ1) is 7.27. The van der Waals surface area contributed by atoms with Crippen LogP contribution in [0.15, 0.2) is 41.0 Å². The summed E-state index contributed by atoms with van der Waals surface area (Å²) in [4.78, 5) is 2.69. The Hall–Kier alpha value is -1.77. The molecule has 0 saturated heterocycles. The van der Waals surface area contributed by atoms with E-state index in [0.717, 1.165) is 11.1 Å². The number of hydrogen-bond donors (Lipinski definition) is 1. The van der Waals surface area contributed by atoms with Crippen molar-refractivity contribution < 1.29 is 5.11 Å². The lowest BCUT2D eigenvalue weighted by Gasteiger charge is -2.07. The predicted molar refractivity (Wildman–Crippen MR) is 60.1 cm³/mol. The van der Waals surface area contributed by atoms with Crippen LogP contribution in [-0.2, 0) is 0 Å². The smallest absolute Gasteiger partial charge is 0.0816 e. The van der Waals surface area contributed by atoms with Crippen LogP contribution < -0.4 is 0 Å². The molecule has 0 aliphatic carbocycles. The lowest BCUT2D eigenvalue weighted by Crippen LogP contribution is -2.10. The topological polar surface area (TPSA) is 69.0 Å². The molecule has 0 bridgehead atoms. The summed E-state index contributed by atoms with van der Waals surface area (Å²) in [5.41, 5.74) is 10.2. The Labute approximate surface area is 88.5 Å². The third-order valence-electron chi connectivity index (χ3n) is 2.08. The Bertz CT molecular complexity index is 380. The lowest BCUT2D eigenvalue weighted by atomic mass is 10.1. The summed E-state index contributed by atoms with van der Waals surface area (Å²) in [6, 6.07) is 9.22. The van der Waals surface area contributed by atoms with Gasteiger partial charge in [0.05, 0.1) is 12.6 Å². The molecule has 1 rings (SSSR count). The van der Waals surface area contributed by atoms with Crippen molar-refractivity contribution in [1.82, 2.24) is 0 Å². The largest absolute Gasteiger partial charge is 0.396 e. The molecule has 0 spiro atoms. The summed E-state index contributed by atoms with van der Waals surface area (Å²) >= 11 is 0. The van der Waals surface area contributed by atoms with Crippen LogP contribution in [0.4, 0.5) is 0 Å². The molecule has 78 valence electrons. The van der Waals surface area contributed by atoms with Crippen molar-refractivity contribution in [2.24, 2.45) is 5.11 Å². The van der Waals surface area contributed by atoms with Gasteiger partial charge in [-0.2, -0.15) is 0 Å². The minimum absolute atomic E-state index is 0.167. The number of nitrogens with zero attached hydrogens (tertiary/aromatic N) is 3. The van der Waals surface area contributed by atoms with E-state index in [4.69, 9.17) is 10.6 Å². The molecule has 1 atom stereocenters. The molecule has 4 nitrogen and oxygen atoms in total. The van der Waals surface area contributed by atoms with E-state index in [9.17, 15) is 0 Å². The average molecular weight is 203 g/mol. The first kappa shape index (κ1) is 11.3. The van der Waals surface area contributed by atoms with Crippen LogP contribution in [0.3, 0.4) is 0 Å². The Kier molecular flexibility index (Phi) is 4.41. The van der Waals surface area contributed by atoms with Crippen molar-refractivity contribution in [2.45, 2.75) is 13.0 Å². The van der Waals surface area contributed by atoms with Gasteiger partial charge in [-0.25, -0.2) is 0 Å². The monoisotopic (exact) mass is 203 g/mol. The van der Waals surface area contributed by atoms with Crippen molar-refractivity contribution in [3.63, 3.8) is 0 Å². The maximum atomic E-state index is 9.00. The van der Waals surface area contributed by atoms with E-state index >= 15 is 0 Å². The molecule has 0 radical (unpaired) electrons. The minimum Gasteiger partial charge on any atom is -0.396 e. The van der Waals surface area contributed by atoms with Crippen LogP contribution in [0.5, 0.6) is 0 Å². The second-order valence-corrected chi connectivity index (χ2v) is 3.20. The standard InChI is InChI=1S/C11H13N3O/c1-9(11(8-15)13-14-12)7-10-5-3-2-4-6-10/h2-7,11,15H,8H2,1H3/b9-7+. The highest BCUT2D eigenvalue weighted by molar-refractivity contribution is 5.53. The van der Waals surface area contributed by atoms with Gasteiger partial charge in [-0.1, -0.05) is 47.1 Å². The predicted octanol–water partition coefficient (Wildman–Crippen LogP) is 2.76. The Morgan fingerprint density at radius 3 is 2.73 bits per heavy atom. The quantitative estimate of drug-likeness (QED) is 0.456. The fraction of sp³-hybridized carbons (Fsp3) is 0.273. The van der Waals surface area contributed by atoms with Gasteiger partial charge in [-0.3, -0.25) is 0 Å². The summed E-state index contributed by atoms with van der Waals surface area (Å²) < 4.78 is 0. The number of hydrogen-bond acceptors (Lipinski definition) is 2. The second kappa shape index (κ2) is 5.86. The highest BCUT2D eigenvalue weighted by Gasteiger charge is 2.06. The number of rotatable bonds is 4. The summed E-state index contributed by atoms with van der Waals surface area (Å²) in [6.45, 7) is 1.67.